The van der Waals surface area contributed by atoms with Crippen molar-refractivity contribution in [3.8, 4) is 0 Å². The summed E-state index contributed by atoms with van der Waals surface area (Å²) in [5, 5.41) is 15.8. The molecular formula is C11H17NOS. The van der Waals surface area contributed by atoms with E-state index in [1.807, 2.05) is 6.07 Å². The molecule has 3 heteroatoms. The van der Waals surface area contributed by atoms with E-state index in [1.54, 1.807) is 11.3 Å². The van der Waals surface area contributed by atoms with E-state index in [0.717, 1.165) is 25.8 Å². The van der Waals surface area contributed by atoms with Crippen molar-refractivity contribution < 1.29 is 5.11 Å². The zero-order valence-electron chi connectivity index (χ0n) is 8.49. The third-order valence-electron chi connectivity index (χ3n) is 2.85. The molecule has 14 heavy (non-hydrogen) atoms. The fourth-order valence-electron chi connectivity index (χ4n) is 2.19. The van der Waals surface area contributed by atoms with E-state index in [9.17, 15) is 5.11 Å². The Bertz CT molecular complexity index is 285. The minimum Gasteiger partial charge on any atom is -0.389 e. The van der Waals surface area contributed by atoms with Crippen LogP contribution in [0.15, 0.2) is 17.5 Å². The molecule has 1 aliphatic rings. The fraction of sp³-hybridized carbons (Fsp3) is 0.636. The number of aliphatic hydroxyl groups is 1. The van der Waals surface area contributed by atoms with E-state index in [4.69, 9.17) is 0 Å². The van der Waals surface area contributed by atoms with Crippen LogP contribution in [-0.2, 0) is 6.42 Å². The Hall–Kier alpha value is -0.380. The number of thiophene rings is 1. The largest absolute Gasteiger partial charge is 0.389 e. The summed E-state index contributed by atoms with van der Waals surface area (Å²) in [6.45, 7) is 3.07. The molecule has 1 aliphatic heterocycles. The smallest absolute Gasteiger partial charge is 0.0722 e. The lowest BCUT2D eigenvalue weighted by molar-refractivity contribution is -0.000576. The van der Waals surface area contributed by atoms with Gasteiger partial charge in [-0.05, 0) is 37.8 Å². The van der Waals surface area contributed by atoms with Gasteiger partial charge in [-0.1, -0.05) is 6.07 Å². The normalized spacial score (nSPS) is 33.1. The summed E-state index contributed by atoms with van der Waals surface area (Å²) >= 11 is 1.74. The molecule has 78 valence electrons. The number of nitrogens with one attached hydrogen (secondary N) is 1. The summed E-state index contributed by atoms with van der Waals surface area (Å²) in [6, 6.07) is 4.59. The summed E-state index contributed by atoms with van der Waals surface area (Å²) in [5.41, 5.74) is -0.477. The molecule has 2 nitrogen and oxygen atoms in total. The van der Waals surface area contributed by atoms with Gasteiger partial charge in [0.25, 0.3) is 0 Å². The van der Waals surface area contributed by atoms with Crippen molar-refractivity contribution in [2.45, 2.75) is 37.8 Å². The molecule has 0 bridgehead atoms. The van der Waals surface area contributed by atoms with Gasteiger partial charge in [0, 0.05) is 17.3 Å². The molecule has 1 saturated heterocycles. The van der Waals surface area contributed by atoms with E-state index in [2.05, 4.69) is 23.7 Å². The summed E-state index contributed by atoms with van der Waals surface area (Å²) < 4.78 is 0. The van der Waals surface area contributed by atoms with Gasteiger partial charge >= 0.3 is 0 Å². The van der Waals surface area contributed by atoms with E-state index in [1.165, 1.54) is 4.88 Å². The van der Waals surface area contributed by atoms with Gasteiger partial charge in [0.05, 0.1) is 5.60 Å². The van der Waals surface area contributed by atoms with Crippen molar-refractivity contribution in [3.05, 3.63) is 22.4 Å². The lowest BCUT2D eigenvalue weighted by Crippen LogP contribution is -2.47. The Morgan fingerprint density at radius 3 is 3.21 bits per heavy atom. The molecule has 0 saturated carbocycles. The van der Waals surface area contributed by atoms with E-state index in [0.29, 0.717) is 6.04 Å². The maximum atomic E-state index is 10.4. The number of rotatable bonds is 2. The van der Waals surface area contributed by atoms with Crippen LogP contribution in [0.3, 0.4) is 0 Å². The molecule has 0 radical (unpaired) electrons. The van der Waals surface area contributed by atoms with Gasteiger partial charge in [0.2, 0.25) is 0 Å². The molecular weight excluding hydrogens is 194 g/mol. The van der Waals surface area contributed by atoms with Gasteiger partial charge in [-0.25, -0.2) is 0 Å². The van der Waals surface area contributed by atoms with Gasteiger partial charge in [0.15, 0.2) is 0 Å². The van der Waals surface area contributed by atoms with Crippen LogP contribution in [0.4, 0.5) is 0 Å². The van der Waals surface area contributed by atoms with Crippen LogP contribution in [-0.4, -0.2) is 23.3 Å². The first-order valence-electron chi connectivity index (χ1n) is 5.16. The second-order valence-electron chi connectivity index (χ2n) is 4.29. The fourth-order valence-corrected chi connectivity index (χ4v) is 3.03. The third-order valence-corrected chi connectivity index (χ3v) is 3.73. The minimum absolute atomic E-state index is 0.439. The van der Waals surface area contributed by atoms with Crippen LogP contribution in [0.25, 0.3) is 0 Å². The zero-order valence-corrected chi connectivity index (χ0v) is 9.31. The van der Waals surface area contributed by atoms with Gasteiger partial charge in [0.1, 0.15) is 0 Å². The lowest BCUT2D eigenvalue weighted by atomic mass is 9.85. The van der Waals surface area contributed by atoms with Crippen LogP contribution >= 0.6 is 11.3 Å². The molecule has 2 N–H and O–H groups in total. The highest BCUT2D eigenvalue weighted by molar-refractivity contribution is 7.09. The van der Waals surface area contributed by atoms with Gasteiger partial charge in [-0.15, -0.1) is 11.3 Å². The molecule has 0 spiro atoms. The molecule has 2 atom stereocenters. The summed E-state index contributed by atoms with van der Waals surface area (Å²) in [7, 11) is 0. The first kappa shape index (κ1) is 10.1. The topological polar surface area (TPSA) is 32.3 Å². The highest BCUT2D eigenvalue weighted by atomic mass is 32.1. The Morgan fingerprint density at radius 1 is 1.71 bits per heavy atom. The maximum absolute atomic E-state index is 10.4. The van der Waals surface area contributed by atoms with Crippen molar-refractivity contribution in [3.63, 3.8) is 0 Å². The molecule has 2 heterocycles. The van der Waals surface area contributed by atoms with E-state index < -0.39 is 5.60 Å². The predicted molar refractivity (Wildman–Crippen MR) is 59.7 cm³/mol. The average molecular weight is 211 g/mol. The Kier molecular flexibility index (Phi) is 2.91. The van der Waals surface area contributed by atoms with Crippen LogP contribution in [0, 0.1) is 0 Å². The third kappa shape index (κ3) is 2.35. The molecule has 1 aromatic rings. The molecule has 0 aromatic carbocycles. The molecule has 0 amide bonds. The van der Waals surface area contributed by atoms with Gasteiger partial charge in [-0.2, -0.15) is 0 Å². The van der Waals surface area contributed by atoms with Gasteiger partial charge in [-0.3, -0.25) is 0 Å². The van der Waals surface area contributed by atoms with Gasteiger partial charge < -0.3 is 10.4 Å². The van der Waals surface area contributed by atoms with Crippen LogP contribution in [0.1, 0.15) is 24.6 Å². The molecule has 2 unspecified atom stereocenters. The predicted octanol–water partition coefficient (Wildman–Crippen LogP) is 1.79. The van der Waals surface area contributed by atoms with Crippen LogP contribution in [0.2, 0.25) is 0 Å². The van der Waals surface area contributed by atoms with Crippen molar-refractivity contribution in [2.24, 2.45) is 0 Å². The molecule has 1 aromatic heterocycles. The molecule has 0 aliphatic carbocycles. The Balaban J connectivity index is 2.01. The first-order valence-corrected chi connectivity index (χ1v) is 6.04. The van der Waals surface area contributed by atoms with E-state index in [-0.39, 0.29) is 0 Å². The monoisotopic (exact) mass is 211 g/mol. The summed E-state index contributed by atoms with van der Waals surface area (Å²) in [5.74, 6) is 0. The van der Waals surface area contributed by atoms with Crippen molar-refractivity contribution in [1.29, 1.82) is 0 Å². The standard InChI is InChI=1S/C11H17NOS/c1-9-7-11(13,4-5-12-9)8-10-3-2-6-14-10/h2-3,6,9,12-13H,4-5,7-8H2,1H3. The SMILES string of the molecule is CC1CC(O)(Cc2cccs2)CCN1. The highest BCUT2D eigenvalue weighted by Gasteiger charge is 2.32. The molecule has 2 rings (SSSR count). The molecule has 1 fully saturated rings. The highest BCUT2D eigenvalue weighted by Crippen LogP contribution is 2.27. The van der Waals surface area contributed by atoms with Crippen molar-refractivity contribution in [1.82, 2.24) is 5.32 Å². The summed E-state index contributed by atoms with van der Waals surface area (Å²) in [6.07, 6.45) is 2.55. The van der Waals surface area contributed by atoms with Crippen LogP contribution < -0.4 is 5.32 Å². The number of piperidine rings is 1. The number of hydrogen-bond donors (Lipinski definition) is 2. The average Bonchev–Trinajstić information content (AvgIpc) is 2.55. The Labute approximate surface area is 89.0 Å². The first-order chi connectivity index (χ1) is 6.68. The second-order valence-corrected chi connectivity index (χ2v) is 5.32. The number of hydrogen-bond acceptors (Lipinski definition) is 3. The second kappa shape index (κ2) is 4.01. The summed E-state index contributed by atoms with van der Waals surface area (Å²) in [4.78, 5) is 1.29. The van der Waals surface area contributed by atoms with Crippen molar-refractivity contribution >= 4 is 11.3 Å². The van der Waals surface area contributed by atoms with Crippen molar-refractivity contribution in [2.75, 3.05) is 6.54 Å². The maximum Gasteiger partial charge on any atom is 0.0722 e. The Morgan fingerprint density at radius 2 is 2.57 bits per heavy atom. The quantitative estimate of drug-likeness (QED) is 0.781. The van der Waals surface area contributed by atoms with E-state index >= 15 is 0 Å². The zero-order chi connectivity index (χ0) is 10.0. The van der Waals surface area contributed by atoms with Crippen LogP contribution in [0.5, 0.6) is 0 Å². The minimum atomic E-state index is -0.477. The lowest BCUT2D eigenvalue weighted by Gasteiger charge is -2.36.